The second kappa shape index (κ2) is 5.92. The third-order valence-corrected chi connectivity index (χ3v) is 3.30. The Morgan fingerprint density at radius 2 is 1.87 bits per heavy atom. The molecule has 2 nitrogen and oxygen atoms in total. The number of hydrogen-bond donors (Lipinski definition) is 1. The van der Waals surface area contributed by atoms with Crippen molar-refractivity contribution >= 4 is 10.8 Å². The molecule has 0 bridgehead atoms. The van der Waals surface area contributed by atoms with Crippen LogP contribution in [0.3, 0.4) is 0 Å². The summed E-state index contributed by atoms with van der Waals surface area (Å²) >= 11 is 0. The Balaban J connectivity index is 2.68. The number of halogens is 2. The van der Waals surface area contributed by atoms with Gasteiger partial charge in [0, 0.05) is 22.1 Å². The van der Waals surface area contributed by atoms with Crippen LogP contribution in [0, 0.1) is 11.6 Å². The third kappa shape index (κ3) is 3.68. The Labute approximate surface area is 89.9 Å². The molecule has 1 rings (SSSR count). The highest BCUT2D eigenvalue weighted by molar-refractivity contribution is 7.84. The van der Waals surface area contributed by atoms with Gasteiger partial charge in [-0.2, -0.15) is 0 Å². The summed E-state index contributed by atoms with van der Waals surface area (Å²) in [6.45, 7) is 0.436. The van der Waals surface area contributed by atoms with Gasteiger partial charge in [0.15, 0.2) is 0 Å². The second-order valence-electron chi connectivity index (χ2n) is 3.13. The fraction of sp³-hybridized carbons (Fsp3) is 0.400. The van der Waals surface area contributed by atoms with Crippen LogP contribution in [0.15, 0.2) is 18.2 Å². The molecule has 1 aromatic rings. The molecule has 0 fully saturated rings. The number of rotatable bonds is 5. The molecule has 0 aliphatic carbocycles. The van der Waals surface area contributed by atoms with Crippen molar-refractivity contribution in [3.63, 3.8) is 0 Å². The van der Waals surface area contributed by atoms with E-state index in [9.17, 15) is 13.0 Å². The van der Waals surface area contributed by atoms with Crippen molar-refractivity contribution in [2.45, 2.75) is 12.2 Å². The van der Waals surface area contributed by atoms with E-state index in [1.54, 1.807) is 0 Å². The Morgan fingerprint density at radius 1 is 1.27 bits per heavy atom. The molecule has 84 valence electrons. The molecular weight excluding hydrogens is 220 g/mol. The van der Waals surface area contributed by atoms with Gasteiger partial charge in [0.2, 0.25) is 0 Å². The van der Waals surface area contributed by atoms with E-state index in [1.165, 1.54) is 18.2 Å². The zero-order chi connectivity index (χ0) is 11.3. The first kappa shape index (κ1) is 12.3. The average molecular weight is 233 g/mol. The minimum absolute atomic E-state index is 0.0848. The summed E-state index contributed by atoms with van der Waals surface area (Å²) < 4.78 is 37.7. The van der Waals surface area contributed by atoms with Crippen LogP contribution in [0.2, 0.25) is 0 Å². The van der Waals surface area contributed by atoms with Crippen molar-refractivity contribution in [1.82, 2.24) is 0 Å². The monoisotopic (exact) mass is 233 g/mol. The molecule has 0 saturated carbocycles. The van der Waals surface area contributed by atoms with Crippen molar-refractivity contribution in [2.75, 3.05) is 12.3 Å². The molecule has 1 aromatic carbocycles. The van der Waals surface area contributed by atoms with Crippen LogP contribution in [0.1, 0.15) is 12.0 Å². The van der Waals surface area contributed by atoms with Crippen LogP contribution in [-0.2, 0) is 16.6 Å². The summed E-state index contributed by atoms with van der Waals surface area (Å²) in [4.78, 5) is 0. The van der Waals surface area contributed by atoms with E-state index in [0.29, 0.717) is 18.7 Å². The Bertz CT molecular complexity index is 337. The molecule has 0 radical (unpaired) electrons. The van der Waals surface area contributed by atoms with Gasteiger partial charge in [-0.15, -0.1) is 0 Å². The van der Waals surface area contributed by atoms with Crippen LogP contribution < -0.4 is 5.73 Å². The van der Waals surface area contributed by atoms with Crippen LogP contribution in [0.25, 0.3) is 0 Å². The van der Waals surface area contributed by atoms with Crippen molar-refractivity contribution in [3.05, 3.63) is 35.4 Å². The van der Waals surface area contributed by atoms with Crippen molar-refractivity contribution < 1.29 is 13.0 Å². The number of hydrogen-bond acceptors (Lipinski definition) is 2. The summed E-state index contributed by atoms with van der Waals surface area (Å²) in [5.41, 5.74) is 5.14. The fourth-order valence-electron chi connectivity index (χ4n) is 1.15. The Hall–Kier alpha value is -0.810. The van der Waals surface area contributed by atoms with E-state index in [0.717, 1.165) is 0 Å². The van der Waals surface area contributed by atoms with Gasteiger partial charge in [-0.25, -0.2) is 8.78 Å². The lowest BCUT2D eigenvalue weighted by Gasteiger charge is -2.04. The molecule has 2 N–H and O–H groups in total. The topological polar surface area (TPSA) is 43.1 Å². The molecule has 0 spiro atoms. The highest BCUT2D eigenvalue weighted by Crippen LogP contribution is 2.14. The second-order valence-corrected chi connectivity index (χ2v) is 4.71. The minimum Gasteiger partial charge on any atom is -0.330 e. The first-order chi connectivity index (χ1) is 7.15. The molecule has 0 saturated heterocycles. The molecule has 0 aliphatic heterocycles. The van der Waals surface area contributed by atoms with E-state index in [-0.39, 0.29) is 11.3 Å². The van der Waals surface area contributed by atoms with Gasteiger partial charge < -0.3 is 5.73 Å². The SMILES string of the molecule is NCCCS(=O)Cc1c(F)cccc1F. The average Bonchev–Trinajstić information content (AvgIpc) is 2.21. The predicted octanol–water partition coefficient (Wildman–Crippen LogP) is 1.56. The lowest BCUT2D eigenvalue weighted by atomic mass is 10.2. The number of benzene rings is 1. The van der Waals surface area contributed by atoms with Crippen LogP contribution in [0.4, 0.5) is 8.78 Å². The zero-order valence-corrected chi connectivity index (χ0v) is 9.03. The summed E-state index contributed by atoms with van der Waals surface area (Å²) in [6.07, 6.45) is 0.600. The molecule has 0 heterocycles. The molecular formula is C10H13F2NOS. The maximum atomic E-state index is 13.1. The van der Waals surface area contributed by atoms with E-state index in [4.69, 9.17) is 5.73 Å². The molecule has 1 unspecified atom stereocenters. The summed E-state index contributed by atoms with van der Waals surface area (Å²) in [5, 5.41) is 0. The molecule has 15 heavy (non-hydrogen) atoms. The van der Waals surface area contributed by atoms with E-state index >= 15 is 0 Å². The van der Waals surface area contributed by atoms with Crippen LogP contribution >= 0.6 is 0 Å². The van der Waals surface area contributed by atoms with Gasteiger partial charge in [-0.1, -0.05) is 6.07 Å². The van der Waals surface area contributed by atoms with Crippen LogP contribution in [0.5, 0.6) is 0 Å². The van der Waals surface area contributed by atoms with Crippen molar-refractivity contribution in [3.8, 4) is 0 Å². The van der Waals surface area contributed by atoms with Gasteiger partial charge >= 0.3 is 0 Å². The first-order valence-electron chi connectivity index (χ1n) is 4.63. The maximum Gasteiger partial charge on any atom is 0.130 e. The van der Waals surface area contributed by atoms with Gasteiger partial charge in [-0.3, -0.25) is 4.21 Å². The molecule has 5 heteroatoms. The smallest absolute Gasteiger partial charge is 0.130 e. The molecule has 1 atom stereocenters. The fourth-order valence-corrected chi connectivity index (χ4v) is 2.38. The van der Waals surface area contributed by atoms with Crippen molar-refractivity contribution in [2.24, 2.45) is 5.73 Å². The molecule has 0 aromatic heterocycles. The van der Waals surface area contributed by atoms with E-state index < -0.39 is 22.4 Å². The molecule has 0 amide bonds. The number of nitrogens with two attached hydrogens (primary N) is 1. The standard InChI is InChI=1S/C10H13F2NOS/c11-9-3-1-4-10(12)8(9)7-15(14)6-2-5-13/h1,3-4H,2,5-7,13H2. The van der Waals surface area contributed by atoms with Crippen molar-refractivity contribution in [1.29, 1.82) is 0 Å². The lowest BCUT2D eigenvalue weighted by molar-refractivity contribution is 0.564. The largest absolute Gasteiger partial charge is 0.330 e. The highest BCUT2D eigenvalue weighted by Gasteiger charge is 2.11. The zero-order valence-electron chi connectivity index (χ0n) is 8.21. The maximum absolute atomic E-state index is 13.1. The van der Waals surface area contributed by atoms with E-state index in [1.807, 2.05) is 0 Å². The van der Waals surface area contributed by atoms with Crippen LogP contribution in [-0.4, -0.2) is 16.5 Å². The van der Waals surface area contributed by atoms with Gasteiger partial charge in [0.05, 0.1) is 5.75 Å². The summed E-state index contributed by atoms with van der Waals surface area (Å²) in [7, 11) is -1.25. The van der Waals surface area contributed by atoms with Gasteiger partial charge in [0.1, 0.15) is 11.6 Å². The van der Waals surface area contributed by atoms with Gasteiger partial charge in [0.25, 0.3) is 0 Å². The first-order valence-corrected chi connectivity index (χ1v) is 6.12. The summed E-state index contributed by atoms with van der Waals surface area (Å²) in [5.74, 6) is -0.991. The van der Waals surface area contributed by atoms with E-state index in [2.05, 4.69) is 0 Å². The van der Waals surface area contributed by atoms with Gasteiger partial charge in [-0.05, 0) is 25.1 Å². The Morgan fingerprint density at radius 3 is 2.40 bits per heavy atom. The predicted molar refractivity (Wildman–Crippen MR) is 56.7 cm³/mol. The quantitative estimate of drug-likeness (QED) is 0.838. The Kier molecular flexibility index (Phi) is 4.84. The minimum atomic E-state index is -1.25. The third-order valence-electron chi connectivity index (χ3n) is 1.94. The molecule has 0 aliphatic rings. The highest BCUT2D eigenvalue weighted by atomic mass is 32.2. The normalized spacial score (nSPS) is 12.7. The summed E-state index contributed by atoms with van der Waals surface area (Å²) in [6, 6.07) is 3.62. The lowest BCUT2D eigenvalue weighted by Crippen LogP contribution is -2.09.